The van der Waals surface area contributed by atoms with Crippen LogP contribution in [0.3, 0.4) is 0 Å². The van der Waals surface area contributed by atoms with Gasteiger partial charge in [0.05, 0.1) is 5.69 Å². The number of nitrogens with zero attached hydrogens (tertiary/aromatic N) is 1. The molecule has 15 heavy (non-hydrogen) atoms. The second-order valence-electron chi connectivity index (χ2n) is 3.39. The molecule has 78 valence electrons. The number of fused-ring (bicyclic) bond motifs is 1. The van der Waals surface area contributed by atoms with Crippen LogP contribution in [0, 0.1) is 0 Å². The number of benzene rings is 1. The zero-order chi connectivity index (χ0) is 11.0. The summed E-state index contributed by atoms with van der Waals surface area (Å²) in [6, 6.07) is 8.09. The number of hydrogen-bond acceptors (Lipinski definition) is 1. The molecule has 0 amide bonds. The monoisotopic (exact) mass is 283 g/mol. The first kappa shape index (κ1) is 10.9. The van der Waals surface area contributed by atoms with E-state index in [-0.39, 0.29) is 0 Å². The minimum atomic E-state index is -0.513. The van der Waals surface area contributed by atoms with Gasteiger partial charge in [-0.1, -0.05) is 30.4 Å². The molecular weight excluding hydrogens is 273 g/mol. The zero-order valence-corrected chi connectivity index (χ0v) is 10.8. The van der Waals surface area contributed by atoms with E-state index in [0.29, 0.717) is 0 Å². The number of aliphatic hydroxyl groups excluding tert-OH is 1. The molecule has 2 nitrogen and oxygen atoms in total. The fourth-order valence-electron chi connectivity index (χ4n) is 1.68. The van der Waals surface area contributed by atoms with Crippen LogP contribution in [0.5, 0.6) is 0 Å². The Morgan fingerprint density at radius 1 is 1.47 bits per heavy atom. The molecule has 2 aromatic rings. The number of halogens is 1. The average molecular weight is 284 g/mol. The number of aromatic nitrogens is 1. The lowest BCUT2D eigenvalue weighted by Gasteiger charge is -2.06. The predicted molar refractivity (Wildman–Crippen MR) is 69.6 cm³/mol. The lowest BCUT2D eigenvalue weighted by Crippen LogP contribution is -1.97. The van der Waals surface area contributed by atoms with Gasteiger partial charge >= 0.3 is 0 Å². The molecule has 0 aliphatic heterocycles. The van der Waals surface area contributed by atoms with E-state index in [9.17, 15) is 5.11 Å². The Kier molecular flexibility index (Phi) is 2.96. The van der Waals surface area contributed by atoms with Crippen LogP contribution >= 0.6 is 24.1 Å². The van der Waals surface area contributed by atoms with Gasteiger partial charge in [0, 0.05) is 22.4 Å². The molecule has 0 bridgehead atoms. The van der Waals surface area contributed by atoms with E-state index in [0.717, 1.165) is 29.3 Å². The summed E-state index contributed by atoms with van der Waals surface area (Å²) in [5, 5.41) is 10.9. The maximum atomic E-state index is 9.77. The summed E-state index contributed by atoms with van der Waals surface area (Å²) < 4.78 is 3.05. The van der Waals surface area contributed by atoms with Gasteiger partial charge in [-0.15, -0.1) is 0 Å². The molecule has 1 aromatic carbocycles. The summed E-state index contributed by atoms with van der Waals surface area (Å²) in [6.07, 6.45) is 3.69. The van der Waals surface area contributed by atoms with Crippen LogP contribution in [0.4, 0.5) is 0 Å². The Balaban J connectivity index is 2.68. The molecule has 0 saturated heterocycles. The van der Waals surface area contributed by atoms with Crippen molar-refractivity contribution in [2.24, 2.45) is 7.05 Å². The van der Waals surface area contributed by atoms with E-state index in [1.165, 1.54) is 0 Å². The van der Waals surface area contributed by atoms with Crippen molar-refractivity contribution in [1.29, 1.82) is 0 Å². The van der Waals surface area contributed by atoms with Crippen molar-refractivity contribution >= 4 is 41.3 Å². The lowest BCUT2D eigenvalue weighted by atomic mass is 10.2. The normalized spacial score (nSPS) is 13.5. The van der Waals surface area contributed by atoms with Crippen LogP contribution in [0.1, 0.15) is 11.5 Å². The van der Waals surface area contributed by atoms with Gasteiger partial charge in [-0.2, -0.15) is 0 Å². The van der Waals surface area contributed by atoms with Gasteiger partial charge in [-0.25, -0.2) is 0 Å². The van der Waals surface area contributed by atoms with E-state index >= 15 is 0 Å². The molecule has 4 heteroatoms. The Morgan fingerprint density at radius 2 is 2.20 bits per heavy atom. The third-order valence-electron chi connectivity index (χ3n) is 2.48. The van der Waals surface area contributed by atoms with Gasteiger partial charge in [-0.3, -0.25) is 0 Å². The lowest BCUT2D eigenvalue weighted by molar-refractivity contribution is 0.260. The standard InChI is InChI=1S/C11H11BrNOP/c1-13-9-4-3-8(12)5-7(9)6-10(13)11(14)15-2/h3-6,11,14H,2H2,1H3. The van der Waals surface area contributed by atoms with Gasteiger partial charge in [0.2, 0.25) is 0 Å². The fourth-order valence-corrected chi connectivity index (χ4v) is 2.50. The summed E-state index contributed by atoms with van der Waals surface area (Å²) in [4.78, 5) is 0. The molecule has 1 atom stereocenters. The zero-order valence-electron chi connectivity index (χ0n) is 8.31. The van der Waals surface area contributed by atoms with Crippen molar-refractivity contribution < 1.29 is 5.11 Å². The molecule has 0 saturated carbocycles. The SMILES string of the molecule is C=PC(O)c1cc2cc(Br)ccc2n1C. The molecular formula is C11H11BrNOP. The first-order valence-electron chi connectivity index (χ1n) is 4.52. The highest BCUT2D eigenvalue weighted by atomic mass is 79.9. The van der Waals surface area contributed by atoms with Crippen molar-refractivity contribution in [2.75, 3.05) is 0 Å². The van der Waals surface area contributed by atoms with Gasteiger partial charge in [0.1, 0.15) is 5.85 Å². The van der Waals surface area contributed by atoms with Gasteiger partial charge in [-0.05, 0) is 24.3 Å². The van der Waals surface area contributed by atoms with Crippen LogP contribution in [-0.2, 0) is 7.05 Å². The molecule has 0 aliphatic carbocycles. The van der Waals surface area contributed by atoms with Crippen LogP contribution in [0.25, 0.3) is 10.9 Å². The first-order chi connectivity index (χ1) is 7.13. The fraction of sp³-hybridized carbons (Fsp3) is 0.182. The Hall–Kier alpha value is -0.630. The third kappa shape index (κ3) is 1.87. The van der Waals surface area contributed by atoms with Crippen molar-refractivity contribution in [3.05, 3.63) is 34.4 Å². The second-order valence-corrected chi connectivity index (χ2v) is 5.16. The number of aliphatic hydroxyl groups is 1. The molecule has 0 aliphatic rings. The number of rotatable bonds is 2. The van der Waals surface area contributed by atoms with Crippen molar-refractivity contribution in [3.63, 3.8) is 0 Å². The minimum absolute atomic E-state index is 0.513. The Labute approximate surface area is 98.5 Å². The van der Waals surface area contributed by atoms with Crippen molar-refractivity contribution in [3.8, 4) is 0 Å². The summed E-state index contributed by atoms with van der Waals surface area (Å²) in [5.41, 5.74) is 2.02. The highest BCUT2D eigenvalue weighted by Gasteiger charge is 2.11. The van der Waals surface area contributed by atoms with Crippen LogP contribution in [-0.4, -0.2) is 16.0 Å². The quantitative estimate of drug-likeness (QED) is 0.841. The number of aryl methyl sites for hydroxylation is 1. The molecule has 1 N–H and O–H groups in total. The van der Waals surface area contributed by atoms with Crippen LogP contribution in [0.2, 0.25) is 0 Å². The molecule has 1 unspecified atom stereocenters. The molecule has 0 spiro atoms. The molecule has 1 heterocycles. The van der Waals surface area contributed by atoms with Crippen molar-refractivity contribution in [2.45, 2.75) is 5.85 Å². The minimum Gasteiger partial charge on any atom is -0.378 e. The average Bonchev–Trinajstić information content (AvgIpc) is 2.54. The summed E-state index contributed by atoms with van der Waals surface area (Å²) in [6.45, 7) is 0. The van der Waals surface area contributed by atoms with E-state index in [1.54, 1.807) is 0 Å². The smallest absolute Gasteiger partial charge is 0.134 e. The highest BCUT2D eigenvalue weighted by Crippen LogP contribution is 2.30. The Morgan fingerprint density at radius 3 is 2.87 bits per heavy atom. The van der Waals surface area contributed by atoms with E-state index in [4.69, 9.17) is 0 Å². The molecule has 2 rings (SSSR count). The predicted octanol–water partition coefficient (Wildman–Crippen LogP) is 3.31. The maximum absolute atomic E-state index is 9.77. The highest BCUT2D eigenvalue weighted by molar-refractivity contribution is 9.10. The topological polar surface area (TPSA) is 25.2 Å². The summed E-state index contributed by atoms with van der Waals surface area (Å²) >= 11 is 3.43. The molecule has 0 radical (unpaired) electrons. The first-order valence-corrected chi connectivity index (χ1v) is 6.46. The van der Waals surface area contributed by atoms with E-state index < -0.39 is 5.85 Å². The largest absolute Gasteiger partial charge is 0.378 e. The van der Waals surface area contributed by atoms with Crippen molar-refractivity contribution in [1.82, 2.24) is 4.57 Å². The van der Waals surface area contributed by atoms with E-state index in [2.05, 4.69) is 22.2 Å². The molecule has 1 aromatic heterocycles. The second kappa shape index (κ2) is 4.09. The van der Waals surface area contributed by atoms with Gasteiger partial charge in [0.15, 0.2) is 0 Å². The van der Waals surface area contributed by atoms with Gasteiger partial charge < -0.3 is 9.67 Å². The van der Waals surface area contributed by atoms with Gasteiger partial charge in [0.25, 0.3) is 0 Å². The summed E-state index contributed by atoms with van der Waals surface area (Å²) in [5.74, 6) is -0.513. The third-order valence-corrected chi connectivity index (χ3v) is 3.58. The maximum Gasteiger partial charge on any atom is 0.134 e. The number of hydrogen-bond donors (Lipinski definition) is 1. The van der Waals surface area contributed by atoms with E-state index in [1.807, 2.05) is 35.9 Å². The van der Waals surface area contributed by atoms with Crippen LogP contribution < -0.4 is 0 Å². The van der Waals surface area contributed by atoms with Crippen LogP contribution in [0.15, 0.2) is 28.7 Å². The Bertz CT molecular complexity index is 521. The molecule has 0 fully saturated rings. The summed E-state index contributed by atoms with van der Waals surface area (Å²) in [7, 11) is 2.68.